The molecule has 1 rings (SSSR count). The summed E-state index contributed by atoms with van der Waals surface area (Å²) < 4.78 is 15.6. The number of amides is 1. The number of rotatable bonds is 11. The van der Waals surface area contributed by atoms with Gasteiger partial charge in [-0.25, -0.2) is 0 Å². The Bertz CT molecular complexity index is 466. The van der Waals surface area contributed by atoms with Crippen molar-refractivity contribution < 1.29 is 24.1 Å². The van der Waals surface area contributed by atoms with E-state index in [4.69, 9.17) is 25.7 Å². The number of hydrogen-bond acceptors (Lipinski definition) is 5. The molecule has 0 aliphatic heterocycles. The fourth-order valence-corrected chi connectivity index (χ4v) is 1.50. The van der Waals surface area contributed by atoms with Gasteiger partial charge in [0.2, 0.25) is 5.91 Å². The molecule has 2 N–H and O–H groups in total. The molecule has 1 amide bonds. The molecule has 1 aromatic carbocycles. The molecule has 6 nitrogen and oxygen atoms in total. The first-order chi connectivity index (χ1) is 10.7. The molecule has 0 fully saturated rings. The van der Waals surface area contributed by atoms with Crippen LogP contribution in [0.1, 0.15) is 6.42 Å². The van der Waals surface area contributed by atoms with E-state index in [2.05, 4.69) is 11.2 Å². The zero-order valence-corrected chi connectivity index (χ0v) is 12.4. The van der Waals surface area contributed by atoms with E-state index in [0.29, 0.717) is 38.7 Å². The topological polar surface area (TPSA) is 77.0 Å². The third-order valence-corrected chi connectivity index (χ3v) is 2.55. The van der Waals surface area contributed by atoms with Gasteiger partial charge in [-0.05, 0) is 24.3 Å². The van der Waals surface area contributed by atoms with E-state index in [1.165, 1.54) is 12.1 Å². The van der Waals surface area contributed by atoms with Gasteiger partial charge in [0.15, 0.2) is 0 Å². The minimum absolute atomic E-state index is 0.144. The molecule has 0 aromatic heterocycles. The summed E-state index contributed by atoms with van der Waals surface area (Å²) in [5.41, 5.74) is 0.637. The van der Waals surface area contributed by atoms with Crippen molar-refractivity contribution >= 4 is 11.6 Å². The molecular weight excluding hydrogens is 286 g/mol. The van der Waals surface area contributed by atoms with Crippen LogP contribution < -0.4 is 5.32 Å². The predicted octanol–water partition coefficient (Wildman–Crippen LogP) is 1.40. The maximum Gasteiger partial charge on any atom is 0.226 e. The van der Waals surface area contributed by atoms with Gasteiger partial charge in [-0.1, -0.05) is 5.92 Å². The normalized spacial score (nSPS) is 10.1. The highest BCUT2D eigenvalue weighted by Crippen LogP contribution is 2.13. The lowest BCUT2D eigenvalue weighted by molar-refractivity contribution is -0.117. The molecule has 0 aliphatic carbocycles. The zero-order chi connectivity index (χ0) is 16.0. The highest BCUT2D eigenvalue weighted by atomic mass is 16.5. The number of phenolic OH excluding ortho intramolecular Hbond substituents is 1. The summed E-state index contributed by atoms with van der Waals surface area (Å²) in [4.78, 5) is 11.6. The van der Waals surface area contributed by atoms with Gasteiger partial charge in [0.05, 0.1) is 39.5 Å². The van der Waals surface area contributed by atoms with Crippen molar-refractivity contribution in [3.63, 3.8) is 0 Å². The smallest absolute Gasteiger partial charge is 0.226 e. The van der Waals surface area contributed by atoms with Crippen molar-refractivity contribution in [2.75, 3.05) is 45.0 Å². The van der Waals surface area contributed by atoms with E-state index in [-0.39, 0.29) is 24.7 Å². The van der Waals surface area contributed by atoms with Crippen molar-refractivity contribution in [1.29, 1.82) is 0 Å². The first kappa shape index (κ1) is 18.0. The largest absolute Gasteiger partial charge is 0.508 e. The first-order valence-electron chi connectivity index (χ1n) is 6.98. The van der Waals surface area contributed by atoms with E-state index < -0.39 is 0 Å². The fraction of sp³-hybridized carbons (Fsp3) is 0.438. The molecule has 22 heavy (non-hydrogen) atoms. The van der Waals surface area contributed by atoms with Crippen LogP contribution in [0.25, 0.3) is 0 Å². The van der Waals surface area contributed by atoms with E-state index in [9.17, 15) is 4.79 Å². The standard InChI is InChI=1S/C16H21NO5/c1-2-8-20-10-12-22-13-11-21-9-7-16(19)17-14-3-5-15(18)6-4-14/h1,3-6,18H,7-13H2,(H,17,19). The van der Waals surface area contributed by atoms with Gasteiger partial charge < -0.3 is 24.6 Å². The number of aromatic hydroxyl groups is 1. The van der Waals surface area contributed by atoms with Crippen molar-refractivity contribution in [2.45, 2.75) is 6.42 Å². The summed E-state index contributed by atoms with van der Waals surface area (Å²) in [5.74, 6) is 2.38. The fourth-order valence-electron chi connectivity index (χ4n) is 1.50. The lowest BCUT2D eigenvalue weighted by atomic mass is 10.3. The highest BCUT2D eigenvalue weighted by molar-refractivity contribution is 5.90. The number of anilines is 1. The van der Waals surface area contributed by atoms with Crippen LogP contribution in [0.5, 0.6) is 5.75 Å². The molecule has 0 bridgehead atoms. The monoisotopic (exact) mass is 307 g/mol. The minimum atomic E-state index is -0.144. The molecule has 0 spiro atoms. The molecule has 0 heterocycles. The lowest BCUT2D eigenvalue weighted by Crippen LogP contribution is -2.15. The zero-order valence-electron chi connectivity index (χ0n) is 12.4. The first-order valence-corrected chi connectivity index (χ1v) is 6.98. The number of ether oxygens (including phenoxy) is 3. The van der Waals surface area contributed by atoms with Gasteiger partial charge in [-0.2, -0.15) is 0 Å². The number of nitrogens with one attached hydrogen (secondary N) is 1. The van der Waals surface area contributed by atoms with Crippen LogP contribution in [-0.4, -0.2) is 50.7 Å². The number of carbonyl (C=O) groups excluding carboxylic acids is 1. The molecule has 1 aromatic rings. The molecule has 120 valence electrons. The quantitative estimate of drug-likeness (QED) is 0.367. The summed E-state index contributed by atoms with van der Waals surface area (Å²) in [6, 6.07) is 6.28. The third-order valence-electron chi connectivity index (χ3n) is 2.55. The van der Waals surface area contributed by atoms with Crippen molar-refractivity contribution in [3.05, 3.63) is 24.3 Å². The average molecular weight is 307 g/mol. The van der Waals surface area contributed by atoms with E-state index in [1.54, 1.807) is 12.1 Å². The Morgan fingerprint density at radius 3 is 2.27 bits per heavy atom. The Morgan fingerprint density at radius 1 is 1.05 bits per heavy atom. The Labute approximate surface area is 130 Å². The second kappa shape index (κ2) is 11.6. The van der Waals surface area contributed by atoms with Gasteiger partial charge in [-0.15, -0.1) is 6.42 Å². The molecule has 0 saturated heterocycles. The molecule has 0 aliphatic rings. The number of hydrogen-bond donors (Lipinski definition) is 2. The van der Waals surface area contributed by atoms with E-state index >= 15 is 0 Å². The van der Waals surface area contributed by atoms with Crippen LogP contribution in [-0.2, 0) is 19.0 Å². The van der Waals surface area contributed by atoms with Crippen LogP contribution >= 0.6 is 0 Å². The van der Waals surface area contributed by atoms with Crippen LogP contribution in [0.4, 0.5) is 5.69 Å². The number of terminal acetylenes is 1. The SMILES string of the molecule is C#CCOCCOCCOCCC(=O)Nc1ccc(O)cc1. The Hall–Kier alpha value is -2.07. The molecule has 0 radical (unpaired) electrons. The summed E-state index contributed by atoms with van der Waals surface area (Å²) >= 11 is 0. The summed E-state index contributed by atoms with van der Waals surface area (Å²) in [6.07, 6.45) is 5.28. The number of carbonyl (C=O) groups is 1. The predicted molar refractivity (Wildman–Crippen MR) is 82.6 cm³/mol. The second-order valence-electron chi connectivity index (χ2n) is 4.33. The second-order valence-corrected chi connectivity index (χ2v) is 4.33. The highest BCUT2D eigenvalue weighted by Gasteiger charge is 2.02. The van der Waals surface area contributed by atoms with Gasteiger partial charge in [-0.3, -0.25) is 4.79 Å². The van der Waals surface area contributed by atoms with Gasteiger partial charge >= 0.3 is 0 Å². The lowest BCUT2D eigenvalue weighted by Gasteiger charge is -2.07. The number of benzene rings is 1. The third kappa shape index (κ3) is 8.97. The van der Waals surface area contributed by atoms with Crippen LogP contribution in [0.3, 0.4) is 0 Å². The van der Waals surface area contributed by atoms with Crippen molar-refractivity contribution in [3.8, 4) is 18.1 Å². The minimum Gasteiger partial charge on any atom is -0.508 e. The Morgan fingerprint density at radius 2 is 1.64 bits per heavy atom. The average Bonchev–Trinajstić information content (AvgIpc) is 2.51. The molecule has 6 heteroatoms. The Kier molecular flexibility index (Phi) is 9.46. The van der Waals surface area contributed by atoms with E-state index in [0.717, 1.165) is 0 Å². The Balaban J connectivity index is 1.95. The van der Waals surface area contributed by atoms with Gasteiger partial charge in [0.25, 0.3) is 0 Å². The van der Waals surface area contributed by atoms with Crippen LogP contribution in [0.2, 0.25) is 0 Å². The molecule has 0 unspecified atom stereocenters. The number of phenols is 1. The summed E-state index contributed by atoms with van der Waals surface area (Å²) in [6.45, 7) is 2.39. The molecule has 0 saturated carbocycles. The van der Waals surface area contributed by atoms with Crippen LogP contribution in [0.15, 0.2) is 24.3 Å². The van der Waals surface area contributed by atoms with Gasteiger partial charge in [0, 0.05) is 5.69 Å². The van der Waals surface area contributed by atoms with Crippen LogP contribution in [0, 0.1) is 12.3 Å². The van der Waals surface area contributed by atoms with Crippen molar-refractivity contribution in [2.24, 2.45) is 0 Å². The summed E-state index contributed by atoms with van der Waals surface area (Å²) in [7, 11) is 0. The van der Waals surface area contributed by atoms with E-state index in [1.807, 2.05) is 0 Å². The maximum atomic E-state index is 11.6. The van der Waals surface area contributed by atoms with Gasteiger partial charge in [0.1, 0.15) is 12.4 Å². The van der Waals surface area contributed by atoms with Crippen molar-refractivity contribution in [1.82, 2.24) is 0 Å². The summed E-state index contributed by atoms with van der Waals surface area (Å²) in [5, 5.41) is 11.8. The maximum absolute atomic E-state index is 11.6. The molecular formula is C16H21NO5. The molecule has 0 atom stereocenters.